The maximum absolute atomic E-state index is 12.7. The number of amides is 1. The Morgan fingerprint density at radius 3 is 2.79 bits per heavy atom. The van der Waals surface area contributed by atoms with Crippen LogP contribution in [0.3, 0.4) is 0 Å². The minimum absolute atomic E-state index is 0.0828. The van der Waals surface area contributed by atoms with Crippen molar-refractivity contribution >= 4 is 22.9 Å². The van der Waals surface area contributed by atoms with Crippen molar-refractivity contribution in [3.05, 3.63) is 58.2 Å². The Bertz CT molecular complexity index is 840. The Hall–Kier alpha value is -2.35. The van der Waals surface area contributed by atoms with Crippen molar-refractivity contribution in [2.45, 2.75) is 19.0 Å². The van der Waals surface area contributed by atoms with Crippen LogP contribution in [0.1, 0.15) is 16.1 Å². The van der Waals surface area contributed by atoms with Crippen LogP contribution in [0.5, 0.6) is 0 Å². The van der Waals surface area contributed by atoms with Crippen molar-refractivity contribution < 1.29 is 18.0 Å². The van der Waals surface area contributed by atoms with Crippen molar-refractivity contribution in [1.29, 1.82) is 0 Å². The van der Waals surface area contributed by atoms with Crippen LogP contribution in [0.2, 0.25) is 0 Å². The number of pyridine rings is 1. The number of hydrogen-bond donors (Lipinski definition) is 1. The molecule has 0 spiro atoms. The zero-order valence-electron chi connectivity index (χ0n) is 12.5. The van der Waals surface area contributed by atoms with E-state index in [1.54, 1.807) is 6.20 Å². The second-order valence-electron chi connectivity index (χ2n) is 5.27. The molecule has 0 aliphatic carbocycles. The highest BCUT2D eigenvalue weighted by molar-refractivity contribution is 7.10. The zero-order valence-corrected chi connectivity index (χ0v) is 13.3. The number of nitrogens with zero attached hydrogens (tertiary/aromatic N) is 2. The third kappa shape index (κ3) is 3.94. The standard InChI is InChI=1S/C16H14F3N3OS/c17-16(18,19)11-3-4-14-21-12(10-22(14)9-11)5-6-20-15(23)8-13-2-1-7-24-13/h1-4,7,9-10H,5-6,8H2,(H,20,23). The molecule has 0 aliphatic rings. The molecule has 0 aliphatic heterocycles. The molecule has 0 fully saturated rings. The van der Waals surface area contributed by atoms with Gasteiger partial charge in [-0.25, -0.2) is 4.98 Å². The smallest absolute Gasteiger partial charge is 0.355 e. The van der Waals surface area contributed by atoms with Crippen LogP contribution in [-0.2, 0) is 23.8 Å². The lowest BCUT2D eigenvalue weighted by Crippen LogP contribution is -2.27. The summed E-state index contributed by atoms with van der Waals surface area (Å²) in [4.78, 5) is 17.0. The summed E-state index contributed by atoms with van der Waals surface area (Å²) in [5.41, 5.74) is 0.358. The molecule has 0 radical (unpaired) electrons. The number of aromatic nitrogens is 2. The number of hydrogen-bond acceptors (Lipinski definition) is 3. The quantitative estimate of drug-likeness (QED) is 0.765. The van der Waals surface area contributed by atoms with Gasteiger partial charge in [-0.05, 0) is 23.6 Å². The first-order chi connectivity index (χ1) is 11.4. The molecule has 3 aromatic rings. The van der Waals surface area contributed by atoms with Crippen LogP contribution in [0.4, 0.5) is 13.2 Å². The first kappa shape index (κ1) is 16.5. The second kappa shape index (κ2) is 6.64. The van der Waals surface area contributed by atoms with Gasteiger partial charge in [0.2, 0.25) is 5.91 Å². The number of thiophene rings is 1. The minimum atomic E-state index is -4.38. The second-order valence-corrected chi connectivity index (χ2v) is 6.30. The van der Waals surface area contributed by atoms with Crippen molar-refractivity contribution in [3.8, 4) is 0 Å². The Morgan fingerprint density at radius 2 is 2.08 bits per heavy atom. The van der Waals surface area contributed by atoms with E-state index in [1.807, 2.05) is 17.5 Å². The largest absolute Gasteiger partial charge is 0.417 e. The van der Waals surface area contributed by atoms with Crippen molar-refractivity contribution in [2.75, 3.05) is 6.54 Å². The fourth-order valence-corrected chi connectivity index (χ4v) is 3.00. The summed E-state index contributed by atoms with van der Waals surface area (Å²) in [6.07, 6.45) is -1.03. The Labute approximate surface area is 139 Å². The number of imidazole rings is 1. The fraction of sp³-hybridized carbons (Fsp3) is 0.250. The average molecular weight is 353 g/mol. The van der Waals surface area contributed by atoms with E-state index in [4.69, 9.17) is 0 Å². The molecular weight excluding hydrogens is 339 g/mol. The third-order valence-electron chi connectivity index (χ3n) is 3.45. The first-order valence-electron chi connectivity index (χ1n) is 7.26. The number of carbonyl (C=O) groups excluding carboxylic acids is 1. The van der Waals surface area contributed by atoms with E-state index >= 15 is 0 Å². The highest BCUT2D eigenvalue weighted by Crippen LogP contribution is 2.29. The molecule has 0 aromatic carbocycles. The lowest BCUT2D eigenvalue weighted by molar-refractivity contribution is -0.137. The van der Waals surface area contributed by atoms with Gasteiger partial charge in [0.25, 0.3) is 0 Å². The molecule has 3 heterocycles. The van der Waals surface area contributed by atoms with Gasteiger partial charge in [-0.3, -0.25) is 4.79 Å². The van der Waals surface area contributed by atoms with E-state index in [1.165, 1.54) is 21.8 Å². The molecule has 3 rings (SSSR count). The summed E-state index contributed by atoms with van der Waals surface area (Å²) in [7, 11) is 0. The summed E-state index contributed by atoms with van der Waals surface area (Å²) in [5.74, 6) is -0.0828. The van der Waals surface area contributed by atoms with E-state index in [0.29, 0.717) is 30.7 Å². The molecule has 24 heavy (non-hydrogen) atoms. The number of halogens is 3. The number of rotatable bonds is 5. The van der Waals surface area contributed by atoms with Crippen LogP contribution >= 0.6 is 11.3 Å². The molecule has 4 nitrogen and oxygen atoms in total. The molecule has 126 valence electrons. The molecular formula is C16H14F3N3OS. The van der Waals surface area contributed by atoms with Gasteiger partial charge in [-0.1, -0.05) is 6.07 Å². The van der Waals surface area contributed by atoms with Gasteiger partial charge in [0.05, 0.1) is 17.7 Å². The average Bonchev–Trinajstić information content (AvgIpc) is 3.14. The van der Waals surface area contributed by atoms with Crippen molar-refractivity contribution in [1.82, 2.24) is 14.7 Å². The number of alkyl halides is 3. The van der Waals surface area contributed by atoms with E-state index in [-0.39, 0.29) is 5.91 Å². The van der Waals surface area contributed by atoms with E-state index in [2.05, 4.69) is 10.3 Å². The van der Waals surface area contributed by atoms with Gasteiger partial charge in [0.1, 0.15) is 5.65 Å². The molecule has 0 saturated heterocycles. The molecule has 3 aromatic heterocycles. The van der Waals surface area contributed by atoms with Crippen LogP contribution in [-0.4, -0.2) is 21.8 Å². The van der Waals surface area contributed by atoms with Crippen LogP contribution in [0.15, 0.2) is 42.0 Å². The monoisotopic (exact) mass is 353 g/mol. The molecule has 1 amide bonds. The predicted molar refractivity (Wildman–Crippen MR) is 84.9 cm³/mol. The van der Waals surface area contributed by atoms with Crippen molar-refractivity contribution in [3.63, 3.8) is 0 Å². The van der Waals surface area contributed by atoms with Crippen LogP contribution in [0, 0.1) is 0 Å². The number of fused-ring (bicyclic) bond motifs is 1. The zero-order chi connectivity index (χ0) is 17.2. The topological polar surface area (TPSA) is 46.4 Å². The van der Waals surface area contributed by atoms with Gasteiger partial charge in [0.15, 0.2) is 0 Å². The van der Waals surface area contributed by atoms with Gasteiger partial charge in [-0.2, -0.15) is 13.2 Å². The highest BCUT2D eigenvalue weighted by Gasteiger charge is 2.30. The Kier molecular flexibility index (Phi) is 4.57. The maximum Gasteiger partial charge on any atom is 0.417 e. The van der Waals surface area contributed by atoms with Crippen molar-refractivity contribution in [2.24, 2.45) is 0 Å². The predicted octanol–water partition coefficient (Wildman–Crippen LogP) is 3.32. The lowest BCUT2D eigenvalue weighted by Gasteiger charge is -2.05. The molecule has 0 unspecified atom stereocenters. The maximum atomic E-state index is 12.7. The highest BCUT2D eigenvalue weighted by atomic mass is 32.1. The molecule has 0 atom stereocenters. The Balaban J connectivity index is 1.58. The summed E-state index contributed by atoms with van der Waals surface area (Å²) < 4.78 is 39.4. The molecule has 1 N–H and O–H groups in total. The van der Waals surface area contributed by atoms with Gasteiger partial charge >= 0.3 is 6.18 Å². The lowest BCUT2D eigenvalue weighted by atomic mass is 10.3. The van der Waals surface area contributed by atoms with E-state index in [0.717, 1.165) is 17.1 Å². The number of nitrogens with one attached hydrogen (secondary N) is 1. The molecule has 0 bridgehead atoms. The van der Waals surface area contributed by atoms with Gasteiger partial charge in [0, 0.05) is 30.2 Å². The summed E-state index contributed by atoms with van der Waals surface area (Å²) >= 11 is 1.52. The minimum Gasteiger partial charge on any atom is -0.355 e. The van der Waals surface area contributed by atoms with Crippen LogP contribution < -0.4 is 5.32 Å². The fourth-order valence-electron chi connectivity index (χ4n) is 2.30. The summed E-state index contributed by atoms with van der Waals surface area (Å²) in [5, 5.41) is 4.70. The third-order valence-corrected chi connectivity index (χ3v) is 4.32. The van der Waals surface area contributed by atoms with Crippen LogP contribution in [0.25, 0.3) is 5.65 Å². The Morgan fingerprint density at radius 1 is 1.25 bits per heavy atom. The van der Waals surface area contributed by atoms with E-state index < -0.39 is 11.7 Å². The summed E-state index contributed by atoms with van der Waals surface area (Å²) in [6, 6.07) is 6.13. The SMILES string of the molecule is O=C(Cc1cccs1)NCCc1cn2cc(C(F)(F)F)ccc2n1. The number of carbonyl (C=O) groups is 1. The normalized spacial score (nSPS) is 11.8. The van der Waals surface area contributed by atoms with Gasteiger partial charge in [-0.15, -0.1) is 11.3 Å². The van der Waals surface area contributed by atoms with E-state index in [9.17, 15) is 18.0 Å². The summed E-state index contributed by atoms with van der Waals surface area (Å²) in [6.45, 7) is 0.389. The first-order valence-corrected chi connectivity index (χ1v) is 8.14. The molecule has 0 saturated carbocycles. The van der Waals surface area contributed by atoms with Gasteiger partial charge < -0.3 is 9.72 Å². The molecule has 8 heteroatoms.